The molecule has 7 nitrogen and oxygen atoms in total. The molecule has 2 rings (SSSR count). The highest BCUT2D eigenvalue weighted by Gasteiger charge is 2.21. The predicted molar refractivity (Wildman–Crippen MR) is 91.1 cm³/mol. The van der Waals surface area contributed by atoms with Crippen LogP contribution in [0.3, 0.4) is 0 Å². The van der Waals surface area contributed by atoms with Crippen molar-refractivity contribution in [2.24, 2.45) is 5.73 Å². The van der Waals surface area contributed by atoms with Crippen LogP contribution in [0.5, 0.6) is 5.75 Å². The molecule has 0 aliphatic heterocycles. The number of hydrogen-bond donors (Lipinski definition) is 2. The highest BCUT2D eigenvalue weighted by molar-refractivity contribution is 7.91. The molecule has 2 aromatic rings. The third kappa shape index (κ3) is 4.79. The lowest BCUT2D eigenvalue weighted by Crippen LogP contribution is -2.32. The zero-order chi connectivity index (χ0) is 18.4. The molecule has 0 spiro atoms. The maximum Gasteiger partial charge on any atom is 0.234 e. The van der Waals surface area contributed by atoms with Crippen LogP contribution in [0.25, 0.3) is 0 Å². The van der Waals surface area contributed by atoms with E-state index in [0.717, 1.165) is 5.06 Å². The van der Waals surface area contributed by atoms with Gasteiger partial charge >= 0.3 is 0 Å². The van der Waals surface area contributed by atoms with Crippen molar-refractivity contribution in [3.05, 3.63) is 54.1 Å². The molecule has 25 heavy (non-hydrogen) atoms. The molecule has 0 saturated heterocycles. The molecule has 3 N–H and O–H groups in total. The van der Waals surface area contributed by atoms with E-state index in [0.29, 0.717) is 11.3 Å². The number of hydroxylamine groups is 2. The zero-order valence-electron chi connectivity index (χ0n) is 13.8. The third-order valence-corrected chi connectivity index (χ3v) is 5.48. The van der Waals surface area contributed by atoms with Gasteiger partial charge in [0.2, 0.25) is 15.7 Å². The van der Waals surface area contributed by atoms with E-state index in [1.54, 1.807) is 30.3 Å². The number of amides is 1. The van der Waals surface area contributed by atoms with E-state index in [9.17, 15) is 18.4 Å². The van der Waals surface area contributed by atoms with Gasteiger partial charge in [0.25, 0.3) is 0 Å². The van der Waals surface area contributed by atoms with Gasteiger partial charge in [-0.25, -0.2) is 8.42 Å². The second-order valence-electron chi connectivity index (χ2n) is 5.39. The number of primary amides is 1. The van der Waals surface area contributed by atoms with Crippen molar-refractivity contribution < 1.29 is 23.2 Å². The number of rotatable bonds is 8. The Bertz CT molecular complexity index is 834. The molecule has 1 amide bonds. The van der Waals surface area contributed by atoms with Gasteiger partial charge in [-0.05, 0) is 42.3 Å². The number of hydrogen-bond acceptors (Lipinski definition) is 6. The molecule has 0 radical (unpaired) electrons. The summed E-state index contributed by atoms with van der Waals surface area (Å²) in [5, 5.41) is 10.4. The average molecular weight is 364 g/mol. The molecular weight excluding hydrogens is 344 g/mol. The number of nitrogens with two attached hydrogens (primary N) is 1. The molecule has 134 valence electrons. The van der Waals surface area contributed by atoms with Crippen LogP contribution in [0.2, 0.25) is 0 Å². The molecule has 0 unspecified atom stereocenters. The largest absolute Gasteiger partial charge is 0.497 e. The van der Waals surface area contributed by atoms with E-state index in [1.807, 2.05) is 0 Å². The molecule has 0 atom stereocenters. The fourth-order valence-electron chi connectivity index (χ4n) is 2.36. The van der Waals surface area contributed by atoms with Crippen LogP contribution < -0.4 is 10.5 Å². The van der Waals surface area contributed by atoms with Crippen molar-refractivity contribution in [1.29, 1.82) is 0 Å². The van der Waals surface area contributed by atoms with Crippen molar-refractivity contribution in [3.63, 3.8) is 0 Å². The summed E-state index contributed by atoms with van der Waals surface area (Å²) in [6.45, 7) is -0.231. The van der Waals surface area contributed by atoms with Crippen LogP contribution in [0.15, 0.2) is 58.3 Å². The van der Waals surface area contributed by atoms with Crippen LogP contribution in [0.4, 0.5) is 0 Å². The van der Waals surface area contributed by atoms with Gasteiger partial charge in [-0.1, -0.05) is 18.2 Å². The number of nitrogens with zero attached hydrogens (tertiary/aromatic N) is 1. The van der Waals surface area contributed by atoms with E-state index in [1.165, 1.54) is 25.3 Å². The zero-order valence-corrected chi connectivity index (χ0v) is 14.6. The van der Waals surface area contributed by atoms with E-state index in [-0.39, 0.29) is 29.3 Å². The van der Waals surface area contributed by atoms with Crippen molar-refractivity contribution in [1.82, 2.24) is 5.06 Å². The van der Waals surface area contributed by atoms with Crippen LogP contribution in [-0.4, -0.2) is 44.8 Å². The minimum atomic E-state index is -3.71. The van der Waals surface area contributed by atoms with E-state index in [2.05, 4.69) is 0 Å². The van der Waals surface area contributed by atoms with Gasteiger partial charge in [-0.15, -0.1) is 0 Å². The van der Waals surface area contributed by atoms with Crippen LogP contribution in [0, 0.1) is 0 Å². The molecule has 0 saturated carbocycles. The van der Waals surface area contributed by atoms with Crippen molar-refractivity contribution >= 4 is 15.7 Å². The smallest absolute Gasteiger partial charge is 0.234 e. The van der Waals surface area contributed by atoms with Gasteiger partial charge in [-0.2, -0.15) is 5.06 Å². The molecular formula is C17H20N2O5S. The summed E-state index contributed by atoms with van der Waals surface area (Å²) < 4.78 is 30.8. The lowest BCUT2D eigenvalue weighted by Gasteiger charge is -2.15. The molecule has 0 aliphatic rings. The van der Waals surface area contributed by atoms with Crippen LogP contribution in [-0.2, 0) is 21.1 Å². The molecule has 0 aromatic heterocycles. The fraction of sp³-hybridized carbons (Fsp3) is 0.235. The Hall–Kier alpha value is -2.42. The summed E-state index contributed by atoms with van der Waals surface area (Å²) >= 11 is 0. The first kappa shape index (κ1) is 18.9. The quantitative estimate of drug-likeness (QED) is 0.682. The molecule has 2 aromatic carbocycles. The normalized spacial score (nSPS) is 11.5. The minimum absolute atomic E-state index is 0.0814. The van der Waals surface area contributed by atoms with Crippen LogP contribution >= 0.6 is 0 Å². The first-order valence-electron chi connectivity index (χ1n) is 7.54. The topological polar surface area (TPSA) is 110 Å². The first-order chi connectivity index (χ1) is 11.8. The first-order valence-corrected chi connectivity index (χ1v) is 9.02. The number of carbonyl (C=O) groups is 1. The van der Waals surface area contributed by atoms with Crippen molar-refractivity contribution in [2.45, 2.75) is 16.2 Å². The lowest BCUT2D eigenvalue weighted by molar-refractivity contribution is -0.134. The fourth-order valence-corrected chi connectivity index (χ4v) is 3.88. The highest BCUT2D eigenvalue weighted by Crippen LogP contribution is 2.26. The predicted octanol–water partition coefficient (Wildman–Crippen LogP) is 1.25. The number of benzene rings is 2. The number of carbonyl (C=O) groups excluding carboxylic acids is 1. The second kappa shape index (κ2) is 8.11. The van der Waals surface area contributed by atoms with Gasteiger partial charge in [0.15, 0.2) is 0 Å². The van der Waals surface area contributed by atoms with Gasteiger partial charge in [0.05, 0.1) is 16.9 Å². The van der Waals surface area contributed by atoms with Crippen molar-refractivity contribution in [2.75, 3.05) is 20.2 Å². The van der Waals surface area contributed by atoms with Crippen molar-refractivity contribution in [3.8, 4) is 5.75 Å². The second-order valence-corrected chi connectivity index (χ2v) is 7.31. The van der Waals surface area contributed by atoms with E-state index in [4.69, 9.17) is 10.5 Å². The Kier molecular flexibility index (Phi) is 6.13. The Morgan fingerprint density at radius 2 is 1.80 bits per heavy atom. The summed E-state index contributed by atoms with van der Waals surface area (Å²) in [5.41, 5.74) is 5.56. The monoisotopic (exact) mass is 364 g/mol. The molecule has 0 bridgehead atoms. The molecule has 8 heteroatoms. The maximum absolute atomic E-state index is 12.9. The number of ether oxygens (including phenoxy) is 1. The van der Waals surface area contributed by atoms with Crippen LogP contribution in [0.1, 0.15) is 5.56 Å². The molecule has 0 fully saturated rings. The maximum atomic E-state index is 12.9. The van der Waals surface area contributed by atoms with Gasteiger partial charge in [0.1, 0.15) is 12.3 Å². The molecule has 0 aliphatic carbocycles. The Morgan fingerprint density at radius 3 is 2.40 bits per heavy atom. The average Bonchev–Trinajstić information content (AvgIpc) is 2.59. The van der Waals surface area contributed by atoms with Gasteiger partial charge < -0.3 is 15.7 Å². The highest BCUT2D eigenvalue weighted by atomic mass is 32.2. The summed E-state index contributed by atoms with van der Waals surface area (Å²) in [6, 6.07) is 12.7. The third-order valence-electron chi connectivity index (χ3n) is 3.61. The van der Waals surface area contributed by atoms with E-state index < -0.39 is 15.7 Å². The Balaban J connectivity index is 2.27. The van der Waals surface area contributed by atoms with Gasteiger partial charge in [0, 0.05) is 6.54 Å². The lowest BCUT2D eigenvalue weighted by atomic mass is 10.1. The molecule has 0 heterocycles. The minimum Gasteiger partial charge on any atom is -0.497 e. The number of methoxy groups -OCH3 is 1. The Labute approximate surface area is 146 Å². The van der Waals surface area contributed by atoms with E-state index >= 15 is 0 Å². The summed E-state index contributed by atoms with van der Waals surface area (Å²) in [6.07, 6.45) is 0.245. The Morgan fingerprint density at radius 1 is 1.16 bits per heavy atom. The number of sulfone groups is 1. The summed E-state index contributed by atoms with van der Waals surface area (Å²) in [7, 11) is -2.21. The summed E-state index contributed by atoms with van der Waals surface area (Å²) in [5.74, 6) is -0.101. The SMILES string of the molecule is COc1ccc(S(=O)(=O)c2ccccc2CCN(O)CC(N)=O)cc1. The summed E-state index contributed by atoms with van der Waals surface area (Å²) in [4.78, 5) is 11.1. The standard InChI is InChI=1S/C17H20N2O5S/c1-24-14-6-8-15(9-7-14)25(22,23)16-5-3-2-4-13(16)10-11-19(21)12-17(18)20/h2-9,21H,10-12H2,1H3,(H2,18,20). The van der Waals surface area contributed by atoms with Gasteiger partial charge in [-0.3, -0.25) is 4.79 Å².